The Morgan fingerprint density at radius 2 is 1.88 bits per heavy atom. The van der Waals surface area contributed by atoms with Crippen molar-refractivity contribution in [2.24, 2.45) is 0 Å². The smallest absolute Gasteiger partial charge is 0.255 e. The van der Waals surface area contributed by atoms with Crippen LogP contribution in [0, 0.1) is 6.07 Å². The van der Waals surface area contributed by atoms with Crippen LogP contribution in [0.5, 0.6) is 0 Å². The minimum absolute atomic E-state index is 0.165. The van der Waals surface area contributed by atoms with Gasteiger partial charge in [0.25, 0.3) is 0 Å². The van der Waals surface area contributed by atoms with Gasteiger partial charge >= 0.3 is 6.18 Å². The van der Waals surface area contributed by atoms with E-state index in [1.807, 2.05) is 0 Å². The average molecular weight is 258 g/mol. The lowest BCUT2D eigenvalue weighted by Gasteiger charge is -2.07. The summed E-state index contributed by atoms with van der Waals surface area (Å²) in [6.45, 7) is 0. The highest BCUT2D eigenvalue weighted by molar-refractivity contribution is 6.32. The molecule has 0 saturated heterocycles. The fraction of sp³-hybridized carbons (Fsp3) is 0.0909. The molecule has 87 valence electrons. The Bertz CT molecular complexity index is 540. The summed E-state index contributed by atoms with van der Waals surface area (Å²) in [5, 5.41) is 0.267. The monoisotopic (exact) mass is 257 g/mol. The number of nitrogens with zero attached hydrogens (tertiary/aromatic N) is 2. The van der Waals surface area contributed by atoms with Gasteiger partial charge in [-0.2, -0.15) is 13.2 Å². The van der Waals surface area contributed by atoms with E-state index in [-0.39, 0.29) is 16.3 Å². The standard InChI is InChI=1S/C11H5ClF3N2/c12-8-2-1-4-17-10(8)7-3-5-16-9(6-7)11(13,14)15/h1-5H. The van der Waals surface area contributed by atoms with Crippen LogP contribution in [0.1, 0.15) is 5.69 Å². The Hall–Kier alpha value is -1.62. The second-order valence-corrected chi connectivity index (χ2v) is 3.57. The van der Waals surface area contributed by atoms with Gasteiger partial charge in [0.05, 0.1) is 10.7 Å². The lowest BCUT2D eigenvalue weighted by atomic mass is 10.1. The van der Waals surface area contributed by atoms with E-state index in [1.54, 1.807) is 12.1 Å². The largest absolute Gasteiger partial charge is 0.433 e. The fourth-order valence-corrected chi connectivity index (χ4v) is 1.48. The zero-order valence-corrected chi connectivity index (χ0v) is 9.05. The molecule has 0 fully saturated rings. The molecule has 0 amide bonds. The lowest BCUT2D eigenvalue weighted by Crippen LogP contribution is -2.08. The zero-order chi connectivity index (χ0) is 12.5. The van der Waals surface area contributed by atoms with Crippen LogP contribution in [-0.2, 0) is 6.18 Å². The maximum atomic E-state index is 12.4. The van der Waals surface area contributed by atoms with E-state index >= 15 is 0 Å². The van der Waals surface area contributed by atoms with Crippen LogP contribution in [0.15, 0.2) is 30.6 Å². The van der Waals surface area contributed by atoms with Gasteiger partial charge in [-0.25, -0.2) is 0 Å². The minimum atomic E-state index is -4.53. The van der Waals surface area contributed by atoms with E-state index in [9.17, 15) is 13.2 Å². The first kappa shape index (κ1) is 11.9. The third-order valence-corrected chi connectivity index (χ3v) is 2.29. The predicted molar refractivity (Wildman–Crippen MR) is 56.3 cm³/mol. The molecule has 0 unspecified atom stereocenters. The van der Waals surface area contributed by atoms with Crippen molar-refractivity contribution >= 4 is 11.6 Å². The number of alkyl halides is 3. The molecule has 0 aliphatic carbocycles. The summed E-state index contributed by atoms with van der Waals surface area (Å²) < 4.78 is 37.3. The molecule has 2 rings (SSSR count). The van der Waals surface area contributed by atoms with Gasteiger partial charge in [0, 0.05) is 24.0 Å². The first-order chi connectivity index (χ1) is 7.98. The molecule has 0 aromatic carbocycles. The van der Waals surface area contributed by atoms with Gasteiger partial charge in [0.1, 0.15) is 0 Å². The first-order valence-corrected chi connectivity index (χ1v) is 4.92. The SMILES string of the molecule is FC(F)(F)c1[c]c(-c2ncccc2Cl)ccn1. The van der Waals surface area contributed by atoms with Crippen molar-refractivity contribution < 1.29 is 13.2 Å². The third kappa shape index (κ3) is 2.55. The summed E-state index contributed by atoms with van der Waals surface area (Å²) in [7, 11) is 0. The van der Waals surface area contributed by atoms with E-state index in [4.69, 9.17) is 11.6 Å². The average Bonchev–Trinajstić information content (AvgIpc) is 2.29. The van der Waals surface area contributed by atoms with Gasteiger partial charge < -0.3 is 0 Å². The van der Waals surface area contributed by atoms with E-state index in [2.05, 4.69) is 16.0 Å². The molecule has 0 spiro atoms. The molecular weight excluding hydrogens is 253 g/mol. The Labute approximate surface area is 100 Å². The highest BCUT2D eigenvalue weighted by Gasteiger charge is 2.33. The normalized spacial score (nSPS) is 11.5. The molecule has 6 heteroatoms. The number of rotatable bonds is 1. The van der Waals surface area contributed by atoms with Gasteiger partial charge in [-0.3, -0.25) is 9.97 Å². The molecule has 0 bridgehead atoms. The molecule has 0 atom stereocenters. The molecule has 2 aromatic rings. The van der Waals surface area contributed by atoms with Crippen molar-refractivity contribution in [2.75, 3.05) is 0 Å². The molecule has 2 heterocycles. The zero-order valence-electron chi connectivity index (χ0n) is 8.29. The third-order valence-electron chi connectivity index (χ3n) is 1.98. The molecule has 2 aromatic heterocycles. The maximum absolute atomic E-state index is 12.4. The molecule has 2 nitrogen and oxygen atoms in total. The van der Waals surface area contributed by atoms with Crippen molar-refractivity contribution in [3.8, 4) is 11.3 Å². The quantitative estimate of drug-likeness (QED) is 0.780. The number of aromatic nitrogens is 2. The van der Waals surface area contributed by atoms with E-state index in [0.29, 0.717) is 0 Å². The summed E-state index contributed by atoms with van der Waals surface area (Å²) >= 11 is 5.84. The van der Waals surface area contributed by atoms with Crippen LogP contribution in [0.4, 0.5) is 13.2 Å². The summed E-state index contributed by atoms with van der Waals surface area (Å²) in [5.74, 6) is 0. The van der Waals surface area contributed by atoms with Crippen LogP contribution >= 0.6 is 11.6 Å². The molecule has 0 saturated carbocycles. The highest BCUT2D eigenvalue weighted by Crippen LogP contribution is 2.31. The summed E-state index contributed by atoms with van der Waals surface area (Å²) in [4.78, 5) is 7.13. The minimum Gasteiger partial charge on any atom is -0.255 e. The van der Waals surface area contributed by atoms with Crippen LogP contribution in [0.3, 0.4) is 0 Å². The van der Waals surface area contributed by atoms with E-state index in [1.165, 1.54) is 12.3 Å². The van der Waals surface area contributed by atoms with Crippen LogP contribution in [0.25, 0.3) is 11.3 Å². The second-order valence-electron chi connectivity index (χ2n) is 3.16. The second kappa shape index (κ2) is 4.33. The van der Waals surface area contributed by atoms with E-state index in [0.717, 1.165) is 6.20 Å². The number of hydrogen-bond acceptors (Lipinski definition) is 2. The molecule has 0 N–H and O–H groups in total. The van der Waals surface area contributed by atoms with Gasteiger partial charge in [-0.15, -0.1) is 0 Å². The van der Waals surface area contributed by atoms with Crippen LogP contribution < -0.4 is 0 Å². The Balaban J connectivity index is 2.51. The van der Waals surface area contributed by atoms with E-state index < -0.39 is 11.9 Å². The van der Waals surface area contributed by atoms with Gasteiger partial charge in [0.15, 0.2) is 5.69 Å². The number of pyridine rings is 2. The number of halogens is 4. The topological polar surface area (TPSA) is 25.8 Å². The van der Waals surface area contributed by atoms with Crippen molar-refractivity contribution in [3.63, 3.8) is 0 Å². The predicted octanol–water partition coefficient (Wildman–Crippen LogP) is 3.62. The van der Waals surface area contributed by atoms with Crippen molar-refractivity contribution in [1.29, 1.82) is 0 Å². The fourth-order valence-electron chi connectivity index (χ4n) is 1.25. The summed E-state index contributed by atoms with van der Waals surface area (Å²) in [5.41, 5.74) is -0.670. The van der Waals surface area contributed by atoms with Crippen molar-refractivity contribution in [2.45, 2.75) is 6.18 Å². The van der Waals surface area contributed by atoms with Gasteiger partial charge in [0.2, 0.25) is 0 Å². The molecular formula is C11H5ClF3N2. The Morgan fingerprint density at radius 1 is 1.12 bits per heavy atom. The molecule has 1 radical (unpaired) electrons. The molecule has 0 aliphatic heterocycles. The van der Waals surface area contributed by atoms with Crippen molar-refractivity contribution in [1.82, 2.24) is 9.97 Å². The Kier molecular flexibility index (Phi) is 3.02. The summed E-state index contributed by atoms with van der Waals surface area (Å²) in [6.07, 6.45) is -2.03. The number of hydrogen-bond donors (Lipinski definition) is 0. The highest BCUT2D eigenvalue weighted by atomic mass is 35.5. The molecule has 17 heavy (non-hydrogen) atoms. The van der Waals surface area contributed by atoms with Crippen LogP contribution in [-0.4, -0.2) is 9.97 Å². The lowest BCUT2D eigenvalue weighted by molar-refractivity contribution is -0.141. The molecule has 0 aliphatic rings. The Morgan fingerprint density at radius 3 is 2.53 bits per heavy atom. The van der Waals surface area contributed by atoms with Gasteiger partial charge in [-0.1, -0.05) is 11.6 Å². The van der Waals surface area contributed by atoms with Gasteiger partial charge in [-0.05, 0) is 18.2 Å². The summed E-state index contributed by atoms with van der Waals surface area (Å²) in [6, 6.07) is 6.68. The maximum Gasteiger partial charge on any atom is 0.433 e. The first-order valence-electron chi connectivity index (χ1n) is 4.55. The van der Waals surface area contributed by atoms with Crippen LogP contribution in [0.2, 0.25) is 5.02 Å². The van der Waals surface area contributed by atoms with Crippen molar-refractivity contribution in [3.05, 3.63) is 47.4 Å².